The Morgan fingerprint density at radius 1 is 1.19 bits per heavy atom. The Hall–Kier alpha value is -2.32. The fourth-order valence-electron chi connectivity index (χ4n) is 2.15. The third-order valence-electron chi connectivity index (χ3n) is 3.47. The number of hydrogen-bond acceptors (Lipinski definition) is 3. The molecule has 0 spiro atoms. The van der Waals surface area contributed by atoms with Gasteiger partial charge in [-0.3, -0.25) is 14.2 Å². The molecule has 138 valence electrons. The first-order valence-electron chi connectivity index (χ1n) is 7.02. The molecule has 26 heavy (non-hydrogen) atoms. The van der Waals surface area contributed by atoms with Crippen molar-refractivity contribution in [2.75, 3.05) is 0 Å². The Morgan fingerprint density at radius 3 is 2.35 bits per heavy atom. The highest BCUT2D eigenvalue weighted by molar-refractivity contribution is 6.44. The molecule has 0 N–H and O–H groups in total. The van der Waals surface area contributed by atoms with Gasteiger partial charge in [0.25, 0.3) is 5.56 Å². The number of carbonyl (C=O) groups is 1. The fourth-order valence-corrected chi connectivity index (χ4v) is 2.44. The molecule has 1 aromatic heterocycles. The Labute approximate surface area is 154 Å². The number of ketones is 1. The Balaban J connectivity index is 2.73. The number of halogens is 5. The van der Waals surface area contributed by atoms with E-state index >= 15 is 0 Å². The molecule has 1 heterocycles. The van der Waals surface area contributed by atoms with Gasteiger partial charge in [-0.25, -0.2) is 9.36 Å². The van der Waals surface area contributed by atoms with Gasteiger partial charge in [-0.1, -0.05) is 23.2 Å². The molecule has 0 aliphatic carbocycles. The summed E-state index contributed by atoms with van der Waals surface area (Å²) >= 11 is 11.8. The molecule has 0 atom stereocenters. The van der Waals surface area contributed by atoms with Gasteiger partial charge in [0.15, 0.2) is 5.78 Å². The number of carbonyl (C=O) groups excluding carboxylic acids is 1. The lowest BCUT2D eigenvalue weighted by Crippen LogP contribution is -2.40. The molecule has 0 saturated carbocycles. The molecule has 2 aromatic rings. The molecular weight excluding hydrogens is 396 g/mol. The zero-order valence-electron chi connectivity index (χ0n) is 13.4. The molecule has 0 radical (unpaired) electrons. The van der Waals surface area contributed by atoms with Gasteiger partial charge in [0.05, 0.1) is 10.7 Å². The van der Waals surface area contributed by atoms with Crippen molar-refractivity contribution in [1.82, 2.24) is 9.13 Å². The van der Waals surface area contributed by atoms with Crippen LogP contribution >= 0.6 is 23.2 Å². The van der Waals surface area contributed by atoms with E-state index in [-0.39, 0.29) is 21.3 Å². The molecule has 0 aliphatic rings. The van der Waals surface area contributed by atoms with Crippen molar-refractivity contribution in [3.8, 4) is 5.69 Å². The van der Waals surface area contributed by atoms with Gasteiger partial charge in [0.2, 0.25) is 0 Å². The minimum atomic E-state index is -4.85. The molecule has 10 heteroatoms. The van der Waals surface area contributed by atoms with Crippen molar-refractivity contribution in [2.45, 2.75) is 13.1 Å². The van der Waals surface area contributed by atoms with Crippen molar-refractivity contribution >= 4 is 35.1 Å². The highest BCUT2D eigenvalue weighted by atomic mass is 35.5. The second-order valence-corrected chi connectivity index (χ2v) is 6.11. The van der Waals surface area contributed by atoms with E-state index < -0.39 is 28.9 Å². The van der Waals surface area contributed by atoms with Crippen LogP contribution in [0.4, 0.5) is 13.2 Å². The number of aromatic nitrogens is 2. The van der Waals surface area contributed by atoms with Gasteiger partial charge >= 0.3 is 11.9 Å². The van der Waals surface area contributed by atoms with E-state index in [0.717, 1.165) is 7.05 Å². The number of rotatable bonds is 3. The lowest BCUT2D eigenvalue weighted by Gasteiger charge is -2.14. The highest BCUT2D eigenvalue weighted by Crippen LogP contribution is 2.27. The van der Waals surface area contributed by atoms with E-state index in [4.69, 9.17) is 23.2 Å². The van der Waals surface area contributed by atoms with Crippen LogP contribution in [0.5, 0.6) is 0 Å². The average Bonchev–Trinajstić information content (AvgIpc) is 2.52. The van der Waals surface area contributed by atoms with Crippen molar-refractivity contribution < 1.29 is 18.0 Å². The number of Topliss-reactive ketones (excluding diaryl/α,β-unsaturated/α-hetero) is 1. The SMILES string of the molecule is CC(=O)/C(Cl)=C/c1cc(-n2c(=O)cc(C(F)(F)F)n(C)c2=O)ccc1Cl. The van der Waals surface area contributed by atoms with Crippen LogP contribution < -0.4 is 11.2 Å². The van der Waals surface area contributed by atoms with Gasteiger partial charge < -0.3 is 0 Å². The van der Waals surface area contributed by atoms with E-state index in [0.29, 0.717) is 15.2 Å². The minimum absolute atomic E-state index is 0.0204. The molecule has 5 nitrogen and oxygen atoms in total. The first kappa shape index (κ1) is 20.0. The zero-order valence-corrected chi connectivity index (χ0v) is 14.9. The summed E-state index contributed by atoms with van der Waals surface area (Å²) in [4.78, 5) is 35.6. The summed E-state index contributed by atoms with van der Waals surface area (Å²) in [7, 11) is 0.907. The van der Waals surface area contributed by atoms with Crippen molar-refractivity contribution in [3.63, 3.8) is 0 Å². The number of benzene rings is 1. The Kier molecular flexibility index (Phi) is 5.48. The van der Waals surface area contributed by atoms with Crippen LogP contribution in [0.2, 0.25) is 5.02 Å². The van der Waals surface area contributed by atoms with Crippen LogP contribution in [0.25, 0.3) is 11.8 Å². The number of hydrogen-bond donors (Lipinski definition) is 0. The summed E-state index contributed by atoms with van der Waals surface area (Å²) in [5.41, 5.74) is -3.50. The predicted molar refractivity (Wildman–Crippen MR) is 91.8 cm³/mol. The van der Waals surface area contributed by atoms with Crippen molar-refractivity contribution in [1.29, 1.82) is 0 Å². The maximum atomic E-state index is 12.9. The third kappa shape index (κ3) is 3.91. The normalized spacial score (nSPS) is 12.3. The summed E-state index contributed by atoms with van der Waals surface area (Å²) in [5.74, 6) is -0.434. The second-order valence-electron chi connectivity index (χ2n) is 5.30. The van der Waals surface area contributed by atoms with Crippen molar-refractivity contribution in [2.24, 2.45) is 7.05 Å². The molecule has 1 aromatic carbocycles. The van der Waals surface area contributed by atoms with Crippen LogP contribution in [-0.2, 0) is 18.0 Å². The highest BCUT2D eigenvalue weighted by Gasteiger charge is 2.35. The first-order chi connectivity index (χ1) is 11.9. The monoisotopic (exact) mass is 406 g/mol. The maximum absolute atomic E-state index is 12.9. The summed E-state index contributed by atoms with van der Waals surface area (Å²) in [6.45, 7) is 1.23. The average molecular weight is 407 g/mol. The summed E-state index contributed by atoms with van der Waals surface area (Å²) in [5, 5.41) is 0.0293. The minimum Gasteiger partial charge on any atom is -0.294 e. The number of nitrogens with zero attached hydrogens (tertiary/aromatic N) is 2. The van der Waals surface area contributed by atoms with E-state index in [9.17, 15) is 27.6 Å². The van der Waals surface area contributed by atoms with Gasteiger partial charge in [0.1, 0.15) is 5.69 Å². The summed E-state index contributed by atoms with van der Waals surface area (Å²) < 4.78 is 39.6. The topological polar surface area (TPSA) is 61.1 Å². The molecule has 0 fully saturated rings. The lowest BCUT2D eigenvalue weighted by atomic mass is 10.1. The quantitative estimate of drug-likeness (QED) is 0.734. The standard InChI is InChI=1S/C16H11Cl2F3N2O3/c1-8(24)12(18)6-9-5-10(3-4-11(9)17)23-14(25)7-13(16(19,20)21)22(2)15(23)26/h3-7H,1-2H3/b12-6-. The molecule has 2 rings (SSSR count). The summed E-state index contributed by atoms with van der Waals surface area (Å²) in [6, 6.07) is 4.21. The van der Waals surface area contributed by atoms with Crippen LogP contribution in [0, 0.1) is 0 Å². The molecule has 0 bridgehead atoms. The molecular formula is C16H11Cl2F3N2O3. The molecule has 0 amide bonds. The van der Waals surface area contributed by atoms with Gasteiger partial charge in [0, 0.05) is 25.1 Å². The predicted octanol–water partition coefficient (Wildman–Crippen LogP) is 3.38. The van der Waals surface area contributed by atoms with Gasteiger partial charge in [-0.2, -0.15) is 13.2 Å². The second kappa shape index (κ2) is 7.13. The van der Waals surface area contributed by atoms with Crippen LogP contribution in [0.1, 0.15) is 18.2 Å². The van der Waals surface area contributed by atoms with Crippen LogP contribution in [0.3, 0.4) is 0 Å². The molecule has 0 saturated heterocycles. The van der Waals surface area contributed by atoms with E-state index in [1.54, 1.807) is 0 Å². The van der Waals surface area contributed by atoms with Crippen LogP contribution in [0.15, 0.2) is 38.9 Å². The third-order valence-corrected chi connectivity index (χ3v) is 4.19. The lowest BCUT2D eigenvalue weighted by molar-refractivity contribution is -0.144. The molecule has 0 unspecified atom stereocenters. The fraction of sp³-hybridized carbons (Fsp3) is 0.188. The number of alkyl halides is 3. The maximum Gasteiger partial charge on any atom is 0.431 e. The van der Waals surface area contributed by atoms with E-state index in [1.165, 1.54) is 31.2 Å². The van der Waals surface area contributed by atoms with Gasteiger partial charge in [-0.05, 0) is 29.8 Å². The smallest absolute Gasteiger partial charge is 0.294 e. The van der Waals surface area contributed by atoms with Crippen LogP contribution in [-0.4, -0.2) is 14.9 Å². The Morgan fingerprint density at radius 2 is 1.81 bits per heavy atom. The Bertz CT molecular complexity index is 1040. The van der Waals surface area contributed by atoms with Crippen molar-refractivity contribution in [3.05, 3.63) is 66.4 Å². The van der Waals surface area contributed by atoms with Gasteiger partial charge in [-0.15, -0.1) is 0 Å². The zero-order chi connectivity index (χ0) is 19.8. The van der Waals surface area contributed by atoms with E-state index in [1.807, 2.05) is 0 Å². The van der Waals surface area contributed by atoms with E-state index in [2.05, 4.69) is 0 Å². The molecule has 0 aliphatic heterocycles. The first-order valence-corrected chi connectivity index (χ1v) is 7.77. The summed E-state index contributed by atoms with van der Waals surface area (Å²) in [6.07, 6.45) is -3.62. The largest absolute Gasteiger partial charge is 0.431 e. The number of allylic oxidation sites excluding steroid dienone is 1.